The molecule has 4 nitrogen and oxygen atoms in total. The van der Waals surface area contributed by atoms with Gasteiger partial charge >= 0.3 is 5.97 Å². The summed E-state index contributed by atoms with van der Waals surface area (Å²) in [6, 6.07) is 23.5. The average Bonchev–Trinajstić information content (AvgIpc) is 3.13. The highest BCUT2D eigenvalue weighted by Gasteiger charge is 2.15. The molecule has 1 heterocycles. The Morgan fingerprint density at radius 2 is 1.76 bits per heavy atom. The molecule has 0 saturated carbocycles. The van der Waals surface area contributed by atoms with Gasteiger partial charge in [0.05, 0.1) is 11.1 Å². The van der Waals surface area contributed by atoms with E-state index in [1.165, 1.54) is 5.39 Å². The molecule has 3 N–H and O–H groups in total. The number of hydrogen-bond acceptors (Lipinski definition) is 3. The molecule has 29 heavy (non-hydrogen) atoms. The highest BCUT2D eigenvalue weighted by Crippen LogP contribution is 2.33. The van der Waals surface area contributed by atoms with Crippen LogP contribution in [0, 0.1) is 0 Å². The zero-order valence-electron chi connectivity index (χ0n) is 16.0. The van der Waals surface area contributed by atoms with Crippen LogP contribution in [0.2, 0.25) is 0 Å². The summed E-state index contributed by atoms with van der Waals surface area (Å²) in [4.78, 5) is 16.3. The molecule has 1 aromatic heterocycles. The van der Waals surface area contributed by atoms with Crippen LogP contribution in [0.15, 0.2) is 72.8 Å². The van der Waals surface area contributed by atoms with Gasteiger partial charge in [-0.1, -0.05) is 49.4 Å². The first kappa shape index (κ1) is 17.3. The van der Waals surface area contributed by atoms with Gasteiger partial charge in [-0.15, -0.1) is 0 Å². The smallest absolute Gasteiger partial charge is 0.343 e. The number of nitrogens with one attached hydrogen (secondary N) is 1. The lowest BCUT2D eigenvalue weighted by Crippen LogP contribution is -2.12. The van der Waals surface area contributed by atoms with Gasteiger partial charge in [0.1, 0.15) is 5.75 Å². The molecule has 5 aromatic rings. The van der Waals surface area contributed by atoms with Gasteiger partial charge in [-0.25, -0.2) is 4.79 Å². The van der Waals surface area contributed by atoms with Crippen LogP contribution in [0.3, 0.4) is 0 Å². The summed E-state index contributed by atoms with van der Waals surface area (Å²) in [5, 5.41) is 4.44. The van der Waals surface area contributed by atoms with Crippen molar-refractivity contribution in [3.63, 3.8) is 0 Å². The molecule has 0 unspecified atom stereocenters. The van der Waals surface area contributed by atoms with Gasteiger partial charge in [0, 0.05) is 27.4 Å². The predicted octanol–water partition coefficient (Wildman–Crippen LogP) is 5.84. The number of aromatic amines is 1. The number of nitrogen functional groups attached to an aromatic ring is 1. The molecule has 0 fully saturated rings. The number of aromatic nitrogens is 1. The van der Waals surface area contributed by atoms with E-state index in [0.29, 0.717) is 23.4 Å². The Bertz CT molecular complexity index is 1400. The molecule has 0 atom stereocenters. The summed E-state index contributed by atoms with van der Waals surface area (Å²) in [6.07, 6.45) is 0.671. The zero-order valence-corrected chi connectivity index (χ0v) is 16.0. The number of benzene rings is 4. The normalized spacial score (nSPS) is 11.3. The highest BCUT2D eigenvalue weighted by molar-refractivity contribution is 6.17. The fraction of sp³-hybridized carbons (Fsp3) is 0.0800. The van der Waals surface area contributed by atoms with Crippen molar-refractivity contribution >= 4 is 44.2 Å². The molecule has 142 valence electrons. The monoisotopic (exact) mass is 380 g/mol. The molecular formula is C25H20N2O2. The van der Waals surface area contributed by atoms with Crippen LogP contribution < -0.4 is 10.5 Å². The van der Waals surface area contributed by atoms with Crippen LogP contribution in [-0.4, -0.2) is 11.0 Å². The number of para-hydroxylation sites is 1. The standard InChI is InChI=1S/C25H20N2O2/c1-2-17-20(7-5-8-22(17)26)25(28)29-16-12-10-15-11-13-19-18-6-3-4-9-23(18)27-24(19)21(15)14-16/h3-14,27H,2,26H2,1H3. The molecule has 4 aromatic carbocycles. The summed E-state index contributed by atoms with van der Waals surface area (Å²) in [5.41, 5.74) is 10.1. The second-order valence-electron chi connectivity index (χ2n) is 7.16. The van der Waals surface area contributed by atoms with E-state index < -0.39 is 5.97 Å². The molecular weight excluding hydrogens is 360 g/mol. The summed E-state index contributed by atoms with van der Waals surface area (Å²) >= 11 is 0. The Morgan fingerprint density at radius 3 is 2.62 bits per heavy atom. The fourth-order valence-corrected chi connectivity index (χ4v) is 4.04. The largest absolute Gasteiger partial charge is 0.423 e. The van der Waals surface area contributed by atoms with Crippen LogP contribution in [0.5, 0.6) is 5.75 Å². The van der Waals surface area contributed by atoms with Gasteiger partial charge in [-0.05, 0) is 47.7 Å². The molecule has 0 aliphatic heterocycles. The third-order valence-electron chi connectivity index (χ3n) is 5.47. The van der Waals surface area contributed by atoms with Crippen LogP contribution in [0.25, 0.3) is 32.6 Å². The van der Waals surface area contributed by atoms with Gasteiger partial charge in [0.15, 0.2) is 0 Å². The number of ether oxygens (including phenoxy) is 1. The summed E-state index contributed by atoms with van der Waals surface area (Å²) < 4.78 is 5.72. The lowest BCUT2D eigenvalue weighted by atomic mass is 10.0. The van der Waals surface area contributed by atoms with E-state index in [1.807, 2.05) is 37.3 Å². The third-order valence-corrected chi connectivity index (χ3v) is 5.47. The molecule has 4 heteroatoms. The van der Waals surface area contributed by atoms with E-state index in [9.17, 15) is 4.79 Å². The number of hydrogen-bond donors (Lipinski definition) is 2. The third kappa shape index (κ3) is 2.81. The van der Waals surface area contributed by atoms with Crippen molar-refractivity contribution in [1.82, 2.24) is 4.98 Å². The first-order chi connectivity index (χ1) is 14.2. The minimum absolute atomic E-state index is 0.391. The quantitative estimate of drug-likeness (QED) is 0.235. The maximum absolute atomic E-state index is 12.8. The van der Waals surface area contributed by atoms with Crippen LogP contribution >= 0.6 is 0 Å². The fourth-order valence-electron chi connectivity index (χ4n) is 4.04. The van der Waals surface area contributed by atoms with Crippen molar-refractivity contribution < 1.29 is 9.53 Å². The SMILES string of the molecule is CCc1c(N)cccc1C(=O)Oc1ccc2ccc3c4ccccc4[nH]c3c2c1. The minimum atomic E-state index is -0.391. The molecule has 0 aliphatic carbocycles. The molecule has 0 saturated heterocycles. The van der Waals surface area contributed by atoms with E-state index >= 15 is 0 Å². The Morgan fingerprint density at radius 1 is 0.931 bits per heavy atom. The van der Waals surface area contributed by atoms with Crippen LogP contribution in [-0.2, 0) is 6.42 Å². The van der Waals surface area contributed by atoms with Crippen molar-refractivity contribution in [2.24, 2.45) is 0 Å². The Kier molecular flexibility index (Phi) is 3.98. The number of nitrogens with two attached hydrogens (primary N) is 1. The number of carbonyl (C=O) groups is 1. The number of H-pyrrole nitrogens is 1. The number of esters is 1. The summed E-state index contributed by atoms with van der Waals surface area (Å²) in [7, 11) is 0. The Balaban J connectivity index is 1.60. The lowest BCUT2D eigenvalue weighted by molar-refractivity contribution is 0.0734. The predicted molar refractivity (Wildman–Crippen MR) is 119 cm³/mol. The van der Waals surface area contributed by atoms with E-state index in [4.69, 9.17) is 10.5 Å². The number of rotatable bonds is 3. The van der Waals surface area contributed by atoms with Gasteiger partial charge in [0.2, 0.25) is 0 Å². The summed E-state index contributed by atoms with van der Waals surface area (Å²) in [5.74, 6) is 0.121. The van der Waals surface area contributed by atoms with E-state index in [0.717, 1.165) is 32.8 Å². The first-order valence-corrected chi connectivity index (χ1v) is 9.68. The van der Waals surface area contributed by atoms with E-state index in [-0.39, 0.29) is 0 Å². The number of fused-ring (bicyclic) bond motifs is 5. The summed E-state index contributed by atoms with van der Waals surface area (Å²) in [6.45, 7) is 1.98. The Labute approximate surface area is 167 Å². The molecule has 0 spiro atoms. The van der Waals surface area contributed by atoms with Gasteiger partial charge in [-0.3, -0.25) is 0 Å². The number of carbonyl (C=O) groups excluding carboxylic acids is 1. The van der Waals surface area contributed by atoms with Crippen molar-refractivity contribution in [3.05, 3.63) is 83.9 Å². The maximum Gasteiger partial charge on any atom is 0.343 e. The van der Waals surface area contributed by atoms with E-state index in [2.05, 4.69) is 29.2 Å². The molecule has 0 aliphatic rings. The first-order valence-electron chi connectivity index (χ1n) is 9.68. The van der Waals surface area contributed by atoms with E-state index in [1.54, 1.807) is 18.2 Å². The van der Waals surface area contributed by atoms with Crippen molar-refractivity contribution in [2.45, 2.75) is 13.3 Å². The Hall–Kier alpha value is -3.79. The van der Waals surface area contributed by atoms with Crippen molar-refractivity contribution in [2.75, 3.05) is 5.73 Å². The molecule has 5 rings (SSSR count). The second-order valence-corrected chi connectivity index (χ2v) is 7.16. The lowest BCUT2D eigenvalue weighted by Gasteiger charge is -2.11. The van der Waals surface area contributed by atoms with Crippen molar-refractivity contribution in [3.8, 4) is 5.75 Å². The zero-order chi connectivity index (χ0) is 20.0. The number of anilines is 1. The van der Waals surface area contributed by atoms with Crippen LogP contribution in [0.4, 0.5) is 5.69 Å². The van der Waals surface area contributed by atoms with Crippen LogP contribution in [0.1, 0.15) is 22.8 Å². The molecule has 0 radical (unpaired) electrons. The molecule has 0 amide bonds. The average molecular weight is 380 g/mol. The maximum atomic E-state index is 12.8. The van der Waals surface area contributed by atoms with Gasteiger partial charge in [-0.2, -0.15) is 0 Å². The van der Waals surface area contributed by atoms with Gasteiger partial charge < -0.3 is 15.5 Å². The second kappa shape index (κ2) is 6.67. The topological polar surface area (TPSA) is 68.1 Å². The molecule has 0 bridgehead atoms. The van der Waals surface area contributed by atoms with Gasteiger partial charge in [0.25, 0.3) is 0 Å². The van der Waals surface area contributed by atoms with Crippen molar-refractivity contribution in [1.29, 1.82) is 0 Å². The highest BCUT2D eigenvalue weighted by atomic mass is 16.5. The minimum Gasteiger partial charge on any atom is -0.423 e.